The highest BCUT2D eigenvalue weighted by Gasteiger charge is 2.39. The van der Waals surface area contributed by atoms with Gasteiger partial charge in [-0.25, -0.2) is 19.6 Å². The van der Waals surface area contributed by atoms with E-state index in [9.17, 15) is 19.2 Å². The predicted molar refractivity (Wildman–Crippen MR) is 263 cm³/mol. The summed E-state index contributed by atoms with van der Waals surface area (Å²) in [6.07, 6.45) is 2.08. The quantitative estimate of drug-likeness (QED) is 0.0972. The molecule has 2 aromatic heterocycles. The van der Waals surface area contributed by atoms with Gasteiger partial charge in [0.05, 0.1) is 47.4 Å². The molecule has 0 bridgehead atoms. The summed E-state index contributed by atoms with van der Waals surface area (Å²) in [7, 11) is 0. The number of carbonyl (C=O) groups excluding carboxylic acids is 4. The molecule has 3 aromatic carbocycles. The molecule has 2 aliphatic rings. The van der Waals surface area contributed by atoms with Crippen LogP contribution < -0.4 is 10.6 Å². The summed E-state index contributed by atoms with van der Waals surface area (Å²) in [5.74, 6) is 0.997. The number of fused-ring (bicyclic) bond motifs is 2. The van der Waals surface area contributed by atoms with Crippen molar-refractivity contribution in [2.45, 2.75) is 91.4 Å². The van der Waals surface area contributed by atoms with E-state index in [2.05, 4.69) is 69.1 Å². The first-order valence-electron chi connectivity index (χ1n) is 20.5. The standard InChI is InChI=1S/C44H54N8O6.4H2S/c1-7-57-43(55)49-37(25(3)4)41(53)51-21-9-11-35(51)39-45-31-19-17-29(23-33(31)47-39)27-13-15-28(16-14-27)30-18-20-32-34(24-30)48-40(46-32)36-12-10-22-52(36)42(54)38(26(5)6)50-44(56)58-8-2;;;;/h13-20,23-26,35-38H,7-12,21-22H2,1-6H3,(H,45,47)(H,46,48)(H,49,55)(H,50,56);4*1H2/t35-,36-,37-,38-;;;;/m0..../s1. The summed E-state index contributed by atoms with van der Waals surface area (Å²) in [6, 6.07) is 18.9. The second-order valence-corrected chi connectivity index (χ2v) is 15.8. The molecule has 4 amide bonds. The minimum atomic E-state index is -0.690. The number of hydrogen-bond donors (Lipinski definition) is 4. The zero-order chi connectivity index (χ0) is 41.1. The number of ether oxygens (including phenoxy) is 2. The van der Waals surface area contributed by atoms with Crippen molar-refractivity contribution in [2.75, 3.05) is 26.3 Å². The van der Waals surface area contributed by atoms with Crippen LogP contribution in [0.1, 0.15) is 91.0 Å². The Kier molecular flexibility index (Phi) is 19.0. The first-order chi connectivity index (χ1) is 27.9. The van der Waals surface area contributed by atoms with Gasteiger partial charge in [0.1, 0.15) is 23.7 Å². The summed E-state index contributed by atoms with van der Waals surface area (Å²) in [5, 5.41) is 5.51. The van der Waals surface area contributed by atoms with Crippen LogP contribution in [-0.2, 0) is 19.1 Å². The zero-order valence-corrected chi connectivity index (χ0v) is 40.1. The number of benzene rings is 3. The molecule has 5 aromatic rings. The van der Waals surface area contributed by atoms with E-state index in [0.29, 0.717) is 13.1 Å². The molecule has 338 valence electrons. The van der Waals surface area contributed by atoms with Gasteiger partial charge in [-0.1, -0.05) is 64.1 Å². The van der Waals surface area contributed by atoms with Crippen LogP contribution in [0, 0.1) is 11.8 Å². The Morgan fingerprint density at radius 2 is 0.968 bits per heavy atom. The molecule has 14 nitrogen and oxygen atoms in total. The average molecular weight is 927 g/mol. The van der Waals surface area contributed by atoms with E-state index in [4.69, 9.17) is 19.4 Å². The third-order valence-electron chi connectivity index (χ3n) is 11.2. The Bertz CT molecular complexity index is 2140. The Balaban J connectivity index is 0.00000256. The molecule has 4 atom stereocenters. The smallest absolute Gasteiger partial charge is 0.407 e. The molecule has 2 fully saturated rings. The Labute approximate surface area is 391 Å². The second kappa shape index (κ2) is 22.7. The maximum absolute atomic E-state index is 13.7. The third-order valence-corrected chi connectivity index (χ3v) is 11.2. The lowest BCUT2D eigenvalue weighted by Gasteiger charge is -2.30. The summed E-state index contributed by atoms with van der Waals surface area (Å²) in [6.45, 7) is 12.8. The number of rotatable bonds is 12. The van der Waals surface area contributed by atoms with Crippen molar-refractivity contribution in [3.8, 4) is 22.3 Å². The molecule has 2 aliphatic heterocycles. The molecular formula is C44H62N8O6S4. The molecule has 18 heteroatoms. The topological polar surface area (TPSA) is 175 Å². The second-order valence-electron chi connectivity index (χ2n) is 15.8. The number of aromatic nitrogens is 4. The molecule has 7 rings (SSSR count). The van der Waals surface area contributed by atoms with Gasteiger partial charge in [0.2, 0.25) is 11.8 Å². The van der Waals surface area contributed by atoms with Gasteiger partial charge in [0.15, 0.2) is 0 Å². The van der Waals surface area contributed by atoms with Crippen molar-refractivity contribution in [2.24, 2.45) is 11.8 Å². The van der Waals surface area contributed by atoms with E-state index >= 15 is 0 Å². The van der Waals surface area contributed by atoms with Gasteiger partial charge in [-0.3, -0.25) is 9.59 Å². The lowest BCUT2D eigenvalue weighted by molar-refractivity contribution is -0.136. The van der Waals surface area contributed by atoms with Gasteiger partial charge in [-0.2, -0.15) is 54.0 Å². The molecule has 4 heterocycles. The first-order valence-corrected chi connectivity index (χ1v) is 20.5. The van der Waals surface area contributed by atoms with Crippen LogP contribution in [0.25, 0.3) is 44.3 Å². The Morgan fingerprint density at radius 1 is 0.613 bits per heavy atom. The van der Waals surface area contributed by atoms with Gasteiger partial charge < -0.3 is 39.9 Å². The van der Waals surface area contributed by atoms with Crippen molar-refractivity contribution < 1.29 is 28.7 Å². The molecule has 0 unspecified atom stereocenters. The fraction of sp³-hybridized carbons (Fsp3) is 0.455. The molecule has 0 aliphatic carbocycles. The third kappa shape index (κ3) is 11.2. The number of hydrogen-bond acceptors (Lipinski definition) is 8. The monoisotopic (exact) mass is 926 g/mol. The van der Waals surface area contributed by atoms with Gasteiger partial charge in [-0.05, 0) is 97.9 Å². The molecule has 0 saturated carbocycles. The highest BCUT2D eigenvalue weighted by atomic mass is 32.1. The SMILES string of the molecule is CCOC(=O)N[C@H](C(=O)N1CCC[C@H]1c1nc2ccc(-c3ccc(-c4ccc5nc([C@@H]6CCCN6C(=O)[C@@H](NC(=O)OCC)C(C)C)[nH]c5c4)cc3)cc2[nH]1)C(C)C.S.S.S.S. The lowest BCUT2D eigenvalue weighted by atomic mass is 10.00. The van der Waals surface area contributed by atoms with E-state index < -0.39 is 24.3 Å². The van der Waals surface area contributed by atoms with E-state index in [0.717, 1.165) is 81.7 Å². The normalized spacial score (nSPS) is 16.8. The van der Waals surface area contributed by atoms with Crippen molar-refractivity contribution in [1.82, 2.24) is 40.4 Å². The number of aromatic amines is 2. The van der Waals surface area contributed by atoms with Crippen LogP contribution in [0.15, 0.2) is 60.7 Å². The number of carbonyl (C=O) groups is 4. The number of nitrogens with zero attached hydrogens (tertiary/aromatic N) is 4. The van der Waals surface area contributed by atoms with Gasteiger partial charge >= 0.3 is 12.2 Å². The van der Waals surface area contributed by atoms with Gasteiger partial charge in [-0.15, -0.1) is 0 Å². The largest absolute Gasteiger partial charge is 0.450 e. The van der Waals surface area contributed by atoms with E-state index in [1.807, 2.05) is 49.6 Å². The summed E-state index contributed by atoms with van der Waals surface area (Å²) in [5.41, 5.74) is 7.60. The van der Waals surface area contributed by atoms with Gasteiger partial charge in [0.25, 0.3) is 0 Å². The molecule has 0 radical (unpaired) electrons. The highest BCUT2D eigenvalue weighted by molar-refractivity contribution is 7.59. The fourth-order valence-electron chi connectivity index (χ4n) is 8.20. The van der Waals surface area contributed by atoms with Crippen LogP contribution in [0.3, 0.4) is 0 Å². The first kappa shape index (κ1) is 51.8. The Hall–Kier alpha value is -4.52. The average Bonchev–Trinajstić information content (AvgIpc) is 4.03. The summed E-state index contributed by atoms with van der Waals surface area (Å²) in [4.78, 5) is 72.3. The molecular weight excluding hydrogens is 865 g/mol. The zero-order valence-electron chi connectivity index (χ0n) is 36.1. The van der Waals surface area contributed by atoms with Crippen LogP contribution >= 0.6 is 54.0 Å². The van der Waals surface area contributed by atoms with Gasteiger partial charge in [0, 0.05) is 13.1 Å². The van der Waals surface area contributed by atoms with Crippen LogP contribution in [0.4, 0.5) is 9.59 Å². The van der Waals surface area contributed by atoms with Crippen LogP contribution in [0.5, 0.6) is 0 Å². The minimum absolute atomic E-state index is 0. The number of likely N-dealkylation sites (tertiary alicyclic amines) is 2. The number of imidazole rings is 2. The molecule has 0 spiro atoms. The van der Waals surface area contributed by atoms with Crippen LogP contribution in [-0.4, -0.2) is 92.1 Å². The highest BCUT2D eigenvalue weighted by Crippen LogP contribution is 2.36. The van der Waals surface area contributed by atoms with Crippen molar-refractivity contribution in [3.63, 3.8) is 0 Å². The minimum Gasteiger partial charge on any atom is -0.450 e. The predicted octanol–water partition coefficient (Wildman–Crippen LogP) is 8.09. The fourth-order valence-corrected chi connectivity index (χ4v) is 8.20. The lowest BCUT2D eigenvalue weighted by Crippen LogP contribution is -2.51. The van der Waals surface area contributed by atoms with E-state index in [-0.39, 0.29) is 103 Å². The van der Waals surface area contributed by atoms with Crippen molar-refractivity contribution >= 4 is 100 Å². The molecule has 4 N–H and O–H groups in total. The molecule has 2 saturated heterocycles. The Morgan fingerprint density at radius 3 is 1.31 bits per heavy atom. The number of nitrogens with one attached hydrogen (secondary N) is 4. The maximum atomic E-state index is 13.7. The van der Waals surface area contributed by atoms with Crippen molar-refractivity contribution in [1.29, 1.82) is 0 Å². The maximum Gasteiger partial charge on any atom is 0.407 e. The summed E-state index contributed by atoms with van der Waals surface area (Å²) >= 11 is 0. The number of H-pyrrole nitrogens is 2. The van der Waals surface area contributed by atoms with Crippen LogP contribution in [0.2, 0.25) is 0 Å². The number of alkyl carbamates (subject to hydrolysis) is 2. The molecule has 62 heavy (non-hydrogen) atoms. The summed E-state index contributed by atoms with van der Waals surface area (Å²) < 4.78 is 10.1. The van der Waals surface area contributed by atoms with E-state index in [1.54, 1.807) is 13.8 Å². The number of amides is 4. The van der Waals surface area contributed by atoms with Crippen molar-refractivity contribution in [3.05, 3.63) is 72.3 Å². The van der Waals surface area contributed by atoms with E-state index in [1.165, 1.54) is 0 Å².